The normalized spacial score (nSPS) is 18.2. The SMILES string of the molecule is NC1=NCC[C@]2(O1)c1cc(-c3cccnc3F)ccc1Oc1c2cc(-c2ccnc(F)c2)nc1F. The van der Waals surface area contributed by atoms with Gasteiger partial charge in [-0.15, -0.1) is 0 Å². The Bertz CT molecular complexity index is 1530. The van der Waals surface area contributed by atoms with Crippen LogP contribution in [0.5, 0.6) is 11.5 Å². The molecule has 174 valence electrons. The van der Waals surface area contributed by atoms with E-state index in [1.165, 1.54) is 18.5 Å². The maximum Gasteiger partial charge on any atom is 0.283 e. The topological polar surface area (TPSA) is 95.5 Å². The molecule has 0 aliphatic carbocycles. The molecule has 3 aromatic heterocycles. The molecule has 0 radical (unpaired) electrons. The summed E-state index contributed by atoms with van der Waals surface area (Å²) in [5.41, 5.74) is 6.80. The van der Waals surface area contributed by atoms with Crippen molar-refractivity contribution in [2.45, 2.75) is 12.0 Å². The first-order valence-corrected chi connectivity index (χ1v) is 10.7. The van der Waals surface area contributed by atoms with Crippen LogP contribution in [0.2, 0.25) is 0 Å². The van der Waals surface area contributed by atoms with Crippen molar-refractivity contribution in [1.82, 2.24) is 15.0 Å². The first kappa shape index (κ1) is 21.1. The quantitative estimate of drug-likeness (QED) is 0.422. The summed E-state index contributed by atoms with van der Waals surface area (Å²) in [6.45, 7) is 0.291. The van der Waals surface area contributed by atoms with Crippen LogP contribution >= 0.6 is 0 Å². The van der Waals surface area contributed by atoms with Gasteiger partial charge in [-0.3, -0.25) is 0 Å². The Balaban J connectivity index is 1.59. The minimum atomic E-state index is -1.30. The fourth-order valence-corrected chi connectivity index (χ4v) is 4.53. The van der Waals surface area contributed by atoms with E-state index in [0.29, 0.717) is 41.0 Å². The van der Waals surface area contributed by atoms with E-state index in [2.05, 4.69) is 19.9 Å². The number of hydrogen-bond acceptors (Lipinski definition) is 7. The zero-order valence-corrected chi connectivity index (χ0v) is 18.0. The molecule has 0 unspecified atom stereocenters. The summed E-state index contributed by atoms with van der Waals surface area (Å²) in [4.78, 5) is 15.4. The van der Waals surface area contributed by atoms with Crippen LogP contribution < -0.4 is 10.5 Å². The number of fused-ring (bicyclic) bond motifs is 4. The first-order valence-electron chi connectivity index (χ1n) is 10.7. The average Bonchev–Trinajstić information content (AvgIpc) is 2.85. The van der Waals surface area contributed by atoms with Crippen LogP contribution in [0.15, 0.2) is 65.9 Å². The third-order valence-electron chi connectivity index (χ3n) is 6.10. The number of hydrogen-bond donors (Lipinski definition) is 1. The van der Waals surface area contributed by atoms with Gasteiger partial charge in [0.1, 0.15) is 5.75 Å². The maximum absolute atomic E-state index is 15.3. The molecule has 1 atom stereocenters. The fraction of sp³-hybridized carbons (Fsp3) is 0.120. The number of nitrogens with zero attached hydrogens (tertiary/aromatic N) is 4. The minimum Gasteiger partial charge on any atom is -0.452 e. The lowest BCUT2D eigenvalue weighted by molar-refractivity contribution is 0.0625. The molecule has 1 aromatic carbocycles. The number of nitrogens with two attached hydrogens (primary N) is 1. The molecule has 2 aliphatic rings. The Morgan fingerprint density at radius 3 is 2.57 bits per heavy atom. The van der Waals surface area contributed by atoms with E-state index in [4.69, 9.17) is 15.2 Å². The summed E-state index contributed by atoms with van der Waals surface area (Å²) in [5, 5.41) is 0. The average molecular weight is 475 g/mol. The third kappa shape index (κ3) is 3.37. The van der Waals surface area contributed by atoms with Crippen molar-refractivity contribution in [2.75, 3.05) is 6.54 Å². The highest BCUT2D eigenvalue weighted by atomic mass is 19.1. The van der Waals surface area contributed by atoms with Crippen molar-refractivity contribution in [3.05, 3.63) is 89.9 Å². The van der Waals surface area contributed by atoms with E-state index in [-0.39, 0.29) is 23.0 Å². The van der Waals surface area contributed by atoms with Crippen LogP contribution in [0.3, 0.4) is 0 Å². The molecule has 0 amide bonds. The standard InChI is InChI=1S/C25H16F3N5O2/c26-20-11-14(5-8-30-20)18-12-17-21(23(28)33-18)34-19-4-3-13(15-2-1-7-31-22(15)27)10-16(19)25(17)6-9-32-24(29)35-25/h1-5,7-8,10-12H,6,9H2,(H2,29,32)/t25-/m0/s1. The number of rotatable bonds is 2. The zero-order valence-electron chi connectivity index (χ0n) is 18.0. The van der Waals surface area contributed by atoms with Crippen molar-refractivity contribution in [1.29, 1.82) is 0 Å². The molecule has 0 bridgehead atoms. The molecule has 6 rings (SSSR count). The number of pyridine rings is 3. The maximum atomic E-state index is 15.3. The van der Waals surface area contributed by atoms with Crippen LogP contribution in [-0.4, -0.2) is 27.5 Å². The summed E-state index contributed by atoms with van der Waals surface area (Å²) < 4.78 is 55.6. The summed E-state index contributed by atoms with van der Waals surface area (Å²) in [7, 11) is 0. The molecule has 2 aliphatic heterocycles. The second kappa shape index (κ2) is 7.79. The molecule has 0 saturated heterocycles. The van der Waals surface area contributed by atoms with Crippen LogP contribution in [0.1, 0.15) is 17.5 Å². The van der Waals surface area contributed by atoms with Gasteiger partial charge in [0.15, 0.2) is 11.4 Å². The number of aliphatic imine (C=N–C) groups is 1. The number of aromatic nitrogens is 3. The molecular formula is C25H16F3N5O2. The lowest BCUT2D eigenvalue weighted by Crippen LogP contribution is -2.42. The molecule has 0 fully saturated rings. The number of ether oxygens (including phenoxy) is 2. The van der Waals surface area contributed by atoms with Gasteiger partial charge in [0.25, 0.3) is 12.0 Å². The number of halogens is 3. The van der Waals surface area contributed by atoms with Gasteiger partial charge in [0, 0.05) is 53.7 Å². The monoisotopic (exact) mass is 475 g/mol. The summed E-state index contributed by atoms with van der Waals surface area (Å²) >= 11 is 0. The Kier molecular flexibility index (Phi) is 4.70. The summed E-state index contributed by atoms with van der Waals surface area (Å²) in [5.74, 6) is -2.09. The van der Waals surface area contributed by atoms with E-state index >= 15 is 4.39 Å². The first-order chi connectivity index (χ1) is 16.9. The van der Waals surface area contributed by atoms with Gasteiger partial charge in [0.2, 0.25) is 11.9 Å². The Hall–Kier alpha value is -4.47. The predicted octanol–water partition coefficient (Wildman–Crippen LogP) is 4.71. The second-order valence-corrected chi connectivity index (χ2v) is 8.10. The predicted molar refractivity (Wildman–Crippen MR) is 120 cm³/mol. The smallest absolute Gasteiger partial charge is 0.283 e. The van der Waals surface area contributed by atoms with Crippen molar-refractivity contribution in [2.24, 2.45) is 10.7 Å². The van der Waals surface area contributed by atoms with E-state index in [1.54, 1.807) is 36.4 Å². The van der Waals surface area contributed by atoms with Gasteiger partial charge in [-0.1, -0.05) is 6.07 Å². The highest BCUT2D eigenvalue weighted by Crippen LogP contribution is 2.53. The largest absolute Gasteiger partial charge is 0.452 e. The van der Waals surface area contributed by atoms with Crippen molar-refractivity contribution >= 4 is 6.02 Å². The highest BCUT2D eigenvalue weighted by molar-refractivity contribution is 5.76. The van der Waals surface area contributed by atoms with Crippen LogP contribution in [0.25, 0.3) is 22.4 Å². The van der Waals surface area contributed by atoms with Crippen molar-refractivity contribution in [3.8, 4) is 33.9 Å². The third-order valence-corrected chi connectivity index (χ3v) is 6.10. The molecule has 5 heterocycles. The van der Waals surface area contributed by atoms with Crippen LogP contribution in [0.4, 0.5) is 13.2 Å². The van der Waals surface area contributed by atoms with E-state index in [9.17, 15) is 8.78 Å². The van der Waals surface area contributed by atoms with E-state index < -0.39 is 23.4 Å². The van der Waals surface area contributed by atoms with Crippen LogP contribution in [0, 0.1) is 17.8 Å². The number of amidine groups is 1. The lowest BCUT2D eigenvalue weighted by atomic mass is 9.79. The lowest BCUT2D eigenvalue weighted by Gasteiger charge is -2.41. The number of benzene rings is 1. The van der Waals surface area contributed by atoms with Gasteiger partial charge in [-0.2, -0.15) is 13.2 Å². The van der Waals surface area contributed by atoms with Gasteiger partial charge in [-0.25, -0.2) is 19.9 Å². The van der Waals surface area contributed by atoms with Crippen molar-refractivity contribution in [3.63, 3.8) is 0 Å². The Morgan fingerprint density at radius 2 is 1.77 bits per heavy atom. The van der Waals surface area contributed by atoms with Gasteiger partial charge >= 0.3 is 0 Å². The molecule has 7 nitrogen and oxygen atoms in total. The minimum absolute atomic E-state index is 0.0817. The molecular weight excluding hydrogens is 459 g/mol. The zero-order chi connectivity index (χ0) is 24.2. The molecule has 0 saturated carbocycles. The second-order valence-electron chi connectivity index (χ2n) is 8.10. The summed E-state index contributed by atoms with van der Waals surface area (Å²) in [6, 6.07) is 12.4. The van der Waals surface area contributed by atoms with Gasteiger partial charge in [0.05, 0.1) is 5.69 Å². The molecule has 35 heavy (non-hydrogen) atoms. The molecule has 1 spiro atoms. The fourth-order valence-electron chi connectivity index (χ4n) is 4.53. The summed E-state index contributed by atoms with van der Waals surface area (Å²) in [6.07, 6.45) is 2.92. The van der Waals surface area contributed by atoms with Gasteiger partial charge < -0.3 is 15.2 Å². The van der Waals surface area contributed by atoms with E-state index in [1.807, 2.05) is 0 Å². The molecule has 2 N–H and O–H groups in total. The van der Waals surface area contributed by atoms with Crippen LogP contribution in [-0.2, 0) is 10.3 Å². The Morgan fingerprint density at radius 1 is 0.886 bits per heavy atom. The molecule has 10 heteroatoms. The Labute approximate surface area is 197 Å². The van der Waals surface area contributed by atoms with Gasteiger partial charge in [-0.05, 0) is 42.0 Å². The molecule has 4 aromatic rings. The highest BCUT2D eigenvalue weighted by Gasteiger charge is 2.48. The van der Waals surface area contributed by atoms with E-state index in [0.717, 1.165) is 6.07 Å². The van der Waals surface area contributed by atoms with Crippen molar-refractivity contribution < 1.29 is 22.6 Å².